The first-order valence-electron chi connectivity index (χ1n) is 43.5. The number of carbonyl (C=O) groups is 3. The van der Waals surface area contributed by atoms with Gasteiger partial charge < -0.3 is 28.5 Å². The van der Waals surface area contributed by atoms with Crippen molar-refractivity contribution in [2.45, 2.75) is 476 Å². The number of unbranched alkanes of at least 4 members (excludes halogenated alkanes) is 64. The molecule has 0 amide bonds. The molecule has 0 aliphatic carbocycles. The van der Waals surface area contributed by atoms with Crippen molar-refractivity contribution in [3.63, 3.8) is 0 Å². The lowest BCUT2D eigenvalue weighted by Gasteiger charge is -2.25. The maximum atomic E-state index is 13.0. The Kier molecular flexibility index (Phi) is 77.6. The highest BCUT2D eigenvalue weighted by atomic mass is 16.7. The summed E-state index contributed by atoms with van der Waals surface area (Å²) in [5, 5.41) is 9.78. The van der Waals surface area contributed by atoms with E-state index in [0.29, 0.717) is 17.4 Å². The second-order valence-electron chi connectivity index (χ2n) is 31.2. The molecule has 1 N–H and O–H groups in total. The number of hydrogen-bond donors (Lipinski definition) is 1. The van der Waals surface area contributed by atoms with E-state index >= 15 is 0 Å². The number of hydrogen-bond acceptors (Lipinski definition) is 7. The third-order valence-corrected chi connectivity index (χ3v) is 20.2. The molecular formula is C88H170NO8+. The van der Waals surface area contributed by atoms with Crippen molar-refractivity contribution in [2.24, 2.45) is 0 Å². The molecule has 0 aromatic heterocycles. The smallest absolute Gasteiger partial charge is 0.361 e. The zero-order chi connectivity index (χ0) is 70.4. The van der Waals surface area contributed by atoms with E-state index in [9.17, 15) is 19.5 Å². The highest BCUT2D eigenvalue weighted by Gasteiger charge is 2.25. The van der Waals surface area contributed by atoms with E-state index in [4.69, 9.17) is 18.9 Å². The number of carboxylic acids is 1. The number of aliphatic carboxylic acids is 1. The zero-order valence-electron chi connectivity index (χ0n) is 66.0. The third kappa shape index (κ3) is 80.9. The van der Waals surface area contributed by atoms with E-state index in [0.717, 1.165) is 44.9 Å². The van der Waals surface area contributed by atoms with Crippen LogP contribution in [0.4, 0.5) is 0 Å². The number of carboxylic acid groups (broad SMARTS) is 1. The molecule has 2 unspecified atom stereocenters. The number of carbonyl (C=O) groups excluding carboxylic acids is 2. The van der Waals surface area contributed by atoms with E-state index in [-0.39, 0.29) is 38.2 Å². The number of likely N-dealkylation sites (N-methyl/N-ethyl adjacent to an activating group) is 1. The van der Waals surface area contributed by atoms with Crippen molar-refractivity contribution in [3.8, 4) is 0 Å². The van der Waals surface area contributed by atoms with Gasteiger partial charge >= 0.3 is 17.9 Å². The molecule has 0 fully saturated rings. The largest absolute Gasteiger partial charge is 0.477 e. The number of quaternary nitrogens is 1. The Morgan fingerprint density at radius 2 is 0.557 bits per heavy atom. The molecule has 0 saturated carbocycles. The summed E-state index contributed by atoms with van der Waals surface area (Å²) in [6.45, 7) is 4.96. The fourth-order valence-electron chi connectivity index (χ4n) is 13.6. The Morgan fingerprint density at radius 1 is 0.309 bits per heavy atom. The molecule has 9 nitrogen and oxygen atoms in total. The topological polar surface area (TPSA) is 108 Å². The molecule has 0 aromatic rings. The van der Waals surface area contributed by atoms with Crippen LogP contribution in [0.5, 0.6) is 0 Å². The summed E-state index contributed by atoms with van der Waals surface area (Å²) in [6.07, 6.45) is 99.5. The fourth-order valence-corrected chi connectivity index (χ4v) is 13.6. The number of nitrogens with zero attached hydrogens (tertiary/aromatic N) is 1. The lowest BCUT2D eigenvalue weighted by Crippen LogP contribution is -2.40. The van der Waals surface area contributed by atoms with Crippen LogP contribution in [0.15, 0.2) is 24.3 Å². The molecule has 0 spiro atoms. The molecule has 0 aliphatic heterocycles. The van der Waals surface area contributed by atoms with E-state index < -0.39 is 18.4 Å². The maximum Gasteiger partial charge on any atom is 0.361 e. The van der Waals surface area contributed by atoms with Crippen LogP contribution in [0.3, 0.4) is 0 Å². The Balaban J connectivity index is 3.89. The van der Waals surface area contributed by atoms with Crippen LogP contribution in [-0.4, -0.2) is 87.4 Å². The summed E-state index contributed by atoms with van der Waals surface area (Å²) in [7, 11) is 6.00. The lowest BCUT2D eigenvalue weighted by atomic mass is 10.0. The van der Waals surface area contributed by atoms with E-state index in [1.54, 1.807) is 0 Å². The Labute approximate surface area is 605 Å². The lowest BCUT2D eigenvalue weighted by molar-refractivity contribution is -0.870. The summed E-state index contributed by atoms with van der Waals surface area (Å²) in [5.74, 6) is -1.97. The SMILES string of the molecule is CCCCCCC/C=C\C/C=C\CCCCCCCCCCCCCCCCCCCCCC(=O)OC(COC(=O)CCCCCCCCCCCCCCCCCCCCCCCCCCCCCCCCCCCCCCCCCCC)COC(OCC[N+](C)(C)C)C(=O)O. The number of esters is 2. The predicted molar refractivity (Wildman–Crippen MR) is 420 cm³/mol. The Hall–Kier alpha value is -2.23. The summed E-state index contributed by atoms with van der Waals surface area (Å²) in [5.41, 5.74) is 0. The molecule has 0 aliphatic rings. The monoisotopic (exact) mass is 1370 g/mol. The minimum atomic E-state index is -1.51. The number of rotatable bonds is 83. The molecule has 0 heterocycles. The van der Waals surface area contributed by atoms with Crippen molar-refractivity contribution in [3.05, 3.63) is 24.3 Å². The quantitative estimate of drug-likeness (QED) is 0.0211. The van der Waals surface area contributed by atoms with Gasteiger partial charge in [0.25, 0.3) is 6.29 Å². The van der Waals surface area contributed by atoms with Gasteiger partial charge in [0.05, 0.1) is 34.4 Å². The van der Waals surface area contributed by atoms with Crippen molar-refractivity contribution >= 4 is 17.9 Å². The minimum Gasteiger partial charge on any atom is -0.477 e. The summed E-state index contributed by atoms with van der Waals surface area (Å²) in [6, 6.07) is 0. The van der Waals surface area contributed by atoms with Crippen LogP contribution >= 0.6 is 0 Å². The average molecular weight is 1370 g/mol. The Bertz CT molecular complexity index is 1640. The second-order valence-corrected chi connectivity index (χ2v) is 31.2. The fraction of sp³-hybridized carbons (Fsp3) is 0.920. The molecule has 0 bridgehead atoms. The van der Waals surface area contributed by atoms with Crippen LogP contribution < -0.4 is 0 Å². The highest BCUT2D eigenvalue weighted by molar-refractivity contribution is 5.71. The number of allylic oxidation sites excluding steroid dienone is 4. The minimum absolute atomic E-state index is 0.174. The molecule has 0 rings (SSSR count). The summed E-state index contributed by atoms with van der Waals surface area (Å²) < 4.78 is 23.1. The second kappa shape index (κ2) is 79.5. The van der Waals surface area contributed by atoms with Crippen molar-refractivity contribution in [1.82, 2.24) is 0 Å². The zero-order valence-corrected chi connectivity index (χ0v) is 66.0. The molecule has 0 aromatic carbocycles. The predicted octanol–water partition coefficient (Wildman–Crippen LogP) is 28.1. The van der Waals surface area contributed by atoms with Crippen molar-refractivity contribution < 1.29 is 42.9 Å². The summed E-state index contributed by atoms with van der Waals surface area (Å²) >= 11 is 0. The average Bonchev–Trinajstić information content (AvgIpc) is 2.39. The van der Waals surface area contributed by atoms with Gasteiger partial charge in [-0.2, -0.15) is 0 Å². The standard InChI is InChI=1S/C88H169NO8/c1-6-8-10-12-14-16-18-20-22-24-26-28-30-32-34-36-38-39-40-41-42-43-44-45-46-47-49-50-52-54-56-58-60-62-64-66-68-70-72-74-76-78-85(90)95-82-84(83-96-88(87(92)93)94-81-80-89(3,4)5)97-86(91)79-77-75-73-71-69-67-65-63-61-59-57-55-53-51-48-37-35-33-31-29-27-25-23-21-19-17-15-13-11-9-7-2/h19,21,25,27,84,88H,6-18,20,22-24,26,28-83H2,1-5H3/p+1/b21-19-,27-25-. The maximum absolute atomic E-state index is 13.0. The van der Waals surface area contributed by atoms with Crippen LogP contribution in [0.2, 0.25) is 0 Å². The van der Waals surface area contributed by atoms with Gasteiger partial charge in [-0.3, -0.25) is 9.59 Å². The van der Waals surface area contributed by atoms with Gasteiger partial charge in [0.15, 0.2) is 6.10 Å². The van der Waals surface area contributed by atoms with Crippen LogP contribution in [0.25, 0.3) is 0 Å². The van der Waals surface area contributed by atoms with Gasteiger partial charge in [0.1, 0.15) is 13.2 Å². The molecular weight excluding hydrogens is 1200 g/mol. The molecule has 2 atom stereocenters. The van der Waals surface area contributed by atoms with Gasteiger partial charge in [-0.1, -0.05) is 430 Å². The van der Waals surface area contributed by atoms with E-state index in [2.05, 4.69) is 38.2 Å². The summed E-state index contributed by atoms with van der Waals surface area (Å²) in [4.78, 5) is 37.8. The molecule has 97 heavy (non-hydrogen) atoms. The van der Waals surface area contributed by atoms with Gasteiger partial charge in [-0.15, -0.1) is 0 Å². The van der Waals surface area contributed by atoms with Crippen LogP contribution in [-0.2, 0) is 33.3 Å². The van der Waals surface area contributed by atoms with Gasteiger partial charge in [-0.25, -0.2) is 4.79 Å². The van der Waals surface area contributed by atoms with Crippen LogP contribution in [0.1, 0.15) is 463 Å². The van der Waals surface area contributed by atoms with Gasteiger partial charge in [0, 0.05) is 12.8 Å². The van der Waals surface area contributed by atoms with E-state index in [1.807, 2.05) is 21.1 Å². The molecule has 0 radical (unpaired) electrons. The van der Waals surface area contributed by atoms with Crippen molar-refractivity contribution in [1.29, 1.82) is 0 Å². The normalized spacial score (nSPS) is 12.6. The van der Waals surface area contributed by atoms with Crippen molar-refractivity contribution in [2.75, 3.05) is 47.5 Å². The highest BCUT2D eigenvalue weighted by Crippen LogP contribution is 2.21. The Morgan fingerprint density at radius 3 is 0.814 bits per heavy atom. The first-order chi connectivity index (χ1) is 47.6. The molecule has 9 heteroatoms. The van der Waals surface area contributed by atoms with Gasteiger partial charge in [0.2, 0.25) is 0 Å². The molecule has 0 saturated heterocycles. The molecule has 574 valence electrons. The van der Waals surface area contributed by atoms with Gasteiger partial charge in [-0.05, 0) is 44.9 Å². The third-order valence-electron chi connectivity index (χ3n) is 20.2. The number of ether oxygens (including phenoxy) is 4. The first-order valence-corrected chi connectivity index (χ1v) is 43.5. The van der Waals surface area contributed by atoms with Crippen LogP contribution in [0, 0.1) is 0 Å². The first kappa shape index (κ1) is 94.8. The van der Waals surface area contributed by atoms with E-state index in [1.165, 1.54) is 392 Å².